The number of nitrogens with one attached hydrogen (secondary N) is 1. The molecular formula is C25H33N3O3. The Balaban J connectivity index is 1.51. The number of methoxy groups -OCH3 is 1. The molecule has 0 aromatic heterocycles. The quantitative estimate of drug-likeness (QED) is 0.621. The zero-order valence-electron chi connectivity index (χ0n) is 18.8. The molecule has 1 fully saturated rings. The molecule has 0 unspecified atom stereocenters. The van der Waals surface area contributed by atoms with Crippen molar-refractivity contribution in [2.24, 2.45) is 0 Å². The third kappa shape index (κ3) is 6.84. The molecule has 0 spiro atoms. The second kappa shape index (κ2) is 11.5. The smallest absolute Gasteiger partial charge is 0.248 e. The lowest BCUT2D eigenvalue weighted by molar-refractivity contribution is -0.111. The fraction of sp³-hybridized carbons (Fsp3) is 0.400. The highest BCUT2D eigenvalue weighted by molar-refractivity contribution is 6.01. The highest BCUT2D eigenvalue weighted by Crippen LogP contribution is 2.28. The lowest BCUT2D eigenvalue weighted by atomic mass is 10.1. The van der Waals surface area contributed by atoms with E-state index in [0.717, 1.165) is 50.5 Å². The Kier molecular flexibility index (Phi) is 8.50. The topological polar surface area (TPSA) is 54.0 Å². The van der Waals surface area contributed by atoms with E-state index in [2.05, 4.69) is 34.2 Å². The first-order valence-electron chi connectivity index (χ1n) is 10.9. The predicted molar refractivity (Wildman–Crippen MR) is 126 cm³/mol. The van der Waals surface area contributed by atoms with Crippen LogP contribution in [0.5, 0.6) is 11.5 Å². The zero-order chi connectivity index (χ0) is 22.1. The Hall–Kier alpha value is -2.83. The number of piperazine rings is 1. The van der Waals surface area contributed by atoms with Crippen LogP contribution in [0.15, 0.2) is 48.5 Å². The van der Waals surface area contributed by atoms with Crippen LogP contribution in [0.4, 0.5) is 5.69 Å². The van der Waals surface area contributed by atoms with Crippen molar-refractivity contribution in [3.8, 4) is 11.5 Å². The van der Waals surface area contributed by atoms with Crippen LogP contribution in [0, 0.1) is 0 Å². The highest BCUT2D eigenvalue weighted by atomic mass is 16.5. The number of likely N-dealkylation sites (N-methyl/N-ethyl adjacent to an activating group) is 1. The molecule has 2 aromatic rings. The first-order valence-corrected chi connectivity index (χ1v) is 10.9. The molecule has 1 saturated heterocycles. The summed E-state index contributed by atoms with van der Waals surface area (Å²) in [6, 6.07) is 13.7. The molecule has 0 aliphatic carbocycles. The summed E-state index contributed by atoms with van der Waals surface area (Å²) in [4.78, 5) is 17.3. The molecule has 0 bridgehead atoms. The van der Waals surface area contributed by atoms with Crippen LogP contribution in [0.3, 0.4) is 0 Å². The van der Waals surface area contributed by atoms with E-state index in [9.17, 15) is 4.79 Å². The number of carbonyl (C=O) groups is 1. The molecule has 1 aliphatic rings. The van der Waals surface area contributed by atoms with Crippen molar-refractivity contribution in [2.75, 3.05) is 51.8 Å². The van der Waals surface area contributed by atoms with E-state index in [-0.39, 0.29) is 5.91 Å². The minimum Gasteiger partial charge on any atom is -0.493 e. The first-order chi connectivity index (χ1) is 15.1. The van der Waals surface area contributed by atoms with E-state index in [1.54, 1.807) is 13.2 Å². The molecule has 1 N–H and O–H groups in total. The SMILES string of the molecule is CCOc1ccc(C=CC(=O)Nc2ccc(CN3CCN(CC)CC3)cc2)cc1OC. The van der Waals surface area contributed by atoms with Crippen molar-refractivity contribution in [1.82, 2.24) is 9.80 Å². The van der Waals surface area contributed by atoms with Crippen LogP contribution in [-0.2, 0) is 11.3 Å². The summed E-state index contributed by atoms with van der Waals surface area (Å²) in [5.74, 6) is 1.17. The van der Waals surface area contributed by atoms with Gasteiger partial charge in [-0.25, -0.2) is 0 Å². The molecule has 0 atom stereocenters. The summed E-state index contributed by atoms with van der Waals surface area (Å²) in [6.07, 6.45) is 3.29. The van der Waals surface area contributed by atoms with Gasteiger partial charge in [-0.15, -0.1) is 0 Å². The average molecular weight is 424 g/mol. The average Bonchev–Trinajstić information content (AvgIpc) is 2.80. The van der Waals surface area contributed by atoms with Gasteiger partial charge in [0.1, 0.15) is 0 Å². The molecule has 3 rings (SSSR count). The van der Waals surface area contributed by atoms with Crippen molar-refractivity contribution in [2.45, 2.75) is 20.4 Å². The summed E-state index contributed by atoms with van der Waals surface area (Å²) in [5, 5.41) is 2.91. The molecule has 1 amide bonds. The summed E-state index contributed by atoms with van der Waals surface area (Å²) in [7, 11) is 1.60. The molecule has 1 heterocycles. The maximum atomic E-state index is 12.3. The Morgan fingerprint density at radius 1 is 1.00 bits per heavy atom. The standard InChI is InChI=1S/C25H33N3O3/c1-4-27-14-16-28(17-15-27)19-21-6-10-22(11-7-21)26-25(29)13-9-20-8-12-23(31-5-2)24(18-20)30-3/h6-13,18H,4-5,14-17,19H2,1-3H3,(H,26,29). The number of benzene rings is 2. The molecule has 2 aromatic carbocycles. The van der Waals surface area contributed by atoms with Crippen molar-refractivity contribution in [1.29, 1.82) is 0 Å². The van der Waals surface area contributed by atoms with Gasteiger partial charge in [0.15, 0.2) is 11.5 Å². The van der Waals surface area contributed by atoms with Gasteiger partial charge in [-0.1, -0.05) is 25.1 Å². The fourth-order valence-electron chi connectivity index (χ4n) is 3.63. The summed E-state index contributed by atoms with van der Waals surface area (Å²) in [6.45, 7) is 11.3. The predicted octanol–water partition coefficient (Wildman–Crippen LogP) is 3.88. The highest BCUT2D eigenvalue weighted by Gasteiger charge is 2.15. The Labute approximate surface area is 185 Å². The third-order valence-corrected chi connectivity index (χ3v) is 5.45. The van der Waals surface area contributed by atoms with Gasteiger partial charge in [-0.05, 0) is 54.9 Å². The molecule has 0 radical (unpaired) electrons. The first kappa shape index (κ1) is 22.8. The van der Waals surface area contributed by atoms with Gasteiger partial charge >= 0.3 is 0 Å². The van der Waals surface area contributed by atoms with E-state index < -0.39 is 0 Å². The molecule has 0 saturated carbocycles. The lowest BCUT2D eigenvalue weighted by Crippen LogP contribution is -2.45. The van der Waals surface area contributed by atoms with E-state index >= 15 is 0 Å². The Morgan fingerprint density at radius 2 is 1.71 bits per heavy atom. The Bertz CT molecular complexity index is 872. The molecule has 31 heavy (non-hydrogen) atoms. The van der Waals surface area contributed by atoms with Gasteiger partial charge in [0.25, 0.3) is 0 Å². The molecule has 166 valence electrons. The maximum Gasteiger partial charge on any atom is 0.248 e. The van der Waals surface area contributed by atoms with Crippen molar-refractivity contribution in [3.05, 3.63) is 59.7 Å². The second-order valence-corrected chi connectivity index (χ2v) is 7.57. The normalized spacial score (nSPS) is 15.2. The number of anilines is 1. The fourth-order valence-corrected chi connectivity index (χ4v) is 3.63. The number of ether oxygens (including phenoxy) is 2. The van der Waals surface area contributed by atoms with Crippen LogP contribution < -0.4 is 14.8 Å². The minimum absolute atomic E-state index is 0.170. The number of carbonyl (C=O) groups excluding carboxylic acids is 1. The van der Waals surface area contributed by atoms with Crippen LogP contribution in [0.25, 0.3) is 6.08 Å². The minimum atomic E-state index is -0.170. The van der Waals surface area contributed by atoms with Crippen LogP contribution in [0.2, 0.25) is 0 Å². The number of hydrogen-bond acceptors (Lipinski definition) is 5. The second-order valence-electron chi connectivity index (χ2n) is 7.57. The number of hydrogen-bond donors (Lipinski definition) is 1. The van der Waals surface area contributed by atoms with E-state index in [1.165, 1.54) is 11.6 Å². The van der Waals surface area contributed by atoms with Gasteiger partial charge in [-0.3, -0.25) is 9.69 Å². The van der Waals surface area contributed by atoms with Crippen LogP contribution in [0.1, 0.15) is 25.0 Å². The summed E-state index contributed by atoms with van der Waals surface area (Å²) >= 11 is 0. The van der Waals surface area contributed by atoms with Gasteiger partial charge in [0.05, 0.1) is 13.7 Å². The van der Waals surface area contributed by atoms with E-state index in [0.29, 0.717) is 18.1 Å². The number of nitrogens with zero attached hydrogens (tertiary/aromatic N) is 2. The summed E-state index contributed by atoms with van der Waals surface area (Å²) < 4.78 is 10.9. The lowest BCUT2D eigenvalue weighted by Gasteiger charge is -2.34. The van der Waals surface area contributed by atoms with Gasteiger partial charge in [-0.2, -0.15) is 0 Å². The van der Waals surface area contributed by atoms with E-state index in [1.807, 2.05) is 37.3 Å². The third-order valence-electron chi connectivity index (χ3n) is 5.45. The van der Waals surface area contributed by atoms with Gasteiger partial charge in [0.2, 0.25) is 5.91 Å². The molecule has 6 nitrogen and oxygen atoms in total. The maximum absolute atomic E-state index is 12.3. The van der Waals surface area contributed by atoms with Gasteiger partial charge < -0.3 is 19.7 Å². The van der Waals surface area contributed by atoms with Crippen LogP contribution in [-0.4, -0.2) is 62.1 Å². The zero-order valence-corrected chi connectivity index (χ0v) is 18.8. The molecule has 1 aliphatic heterocycles. The number of rotatable bonds is 9. The monoisotopic (exact) mass is 423 g/mol. The van der Waals surface area contributed by atoms with Gasteiger partial charge in [0, 0.05) is 44.5 Å². The Morgan fingerprint density at radius 3 is 2.35 bits per heavy atom. The largest absolute Gasteiger partial charge is 0.493 e. The van der Waals surface area contributed by atoms with Crippen molar-refractivity contribution >= 4 is 17.7 Å². The van der Waals surface area contributed by atoms with Crippen molar-refractivity contribution < 1.29 is 14.3 Å². The van der Waals surface area contributed by atoms with Crippen LogP contribution >= 0.6 is 0 Å². The van der Waals surface area contributed by atoms with E-state index in [4.69, 9.17) is 9.47 Å². The number of amides is 1. The molecular weight excluding hydrogens is 390 g/mol. The molecule has 6 heteroatoms. The summed E-state index contributed by atoms with van der Waals surface area (Å²) in [5.41, 5.74) is 2.92. The van der Waals surface area contributed by atoms with Crippen molar-refractivity contribution in [3.63, 3.8) is 0 Å².